The van der Waals surface area contributed by atoms with E-state index in [9.17, 15) is 4.79 Å². The average Bonchev–Trinajstić information content (AvgIpc) is 2.52. The number of nitrogens with one attached hydrogen (secondary N) is 2. The van der Waals surface area contributed by atoms with Crippen molar-refractivity contribution in [2.45, 2.75) is 52.5 Å². The van der Waals surface area contributed by atoms with Gasteiger partial charge in [-0.25, -0.2) is 0 Å². The quantitative estimate of drug-likeness (QED) is 0.729. The third-order valence-corrected chi connectivity index (χ3v) is 4.19. The SMILES string of the molecule is CCN=C1NC(=O)C2(CCC(C)(C)CC2C)N1. The zero-order chi connectivity index (χ0) is 12.7. The normalized spacial score (nSPS) is 38.2. The molecular weight excluding hydrogens is 214 g/mol. The van der Waals surface area contributed by atoms with E-state index in [-0.39, 0.29) is 5.91 Å². The molecular formula is C13H23N3O. The number of hydrogen-bond donors (Lipinski definition) is 2. The summed E-state index contributed by atoms with van der Waals surface area (Å²) in [4.78, 5) is 16.5. The van der Waals surface area contributed by atoms with Gasteiger partial charge in [0.2, 0.25) is 0 Å². The Morgan fingerprint density at radius 2 is 2.12 bits per heavy atom. The highest BCUT2D eigenvalue weighted by Crippen LogP contribution is 2.44. The summed E-state index contributed by atoms with van der Waals surface area (Å²) in [7, 11) is 0. The lowest BCUT2D eigenvalue weighted by molar-refractivity contribution is -0.128. The van der Waals surface area contributed by atoms with Crippen molar-refractivity contribution in [2.75, 3.05) is 6.54 Å². The van der Waals surface area contributed by atoms with Gasteiger partial charge in [-0.3, -0.25) is 15.1 Å². The lowest BCUT2D eigenvalue weighted by Gasteiger charge is -2.44. The Balaban J connectivity index is 2.21. The molecule has 2 atom stereocenters. The molecule has 0 aromatic heterocycles. The van der Waals surface area contributed by atoms with Crippen molar-refractivity contribution >= 4 is 11.9 Å². The van der Waals surface area contributed by atoms with Gasteiger partial charge in [-0.05, 0) is 37.5 Å². The molecule has 0 bridgehead atoms. The van der Waals surface area contributed by atoms with Crippen LogP contribution in [0, 0.1) is 11.3 Å². The minimum absolute atomic E-state index is 0.104. The van der Waals surface area contributed by atoms with Crippen LogP contribution in [-0.4, -0.2) is 24.0 Å². The van der Waals surface area contributed by atoms with Crippen LogP contribution in [0.5, 0.6) is 0 Å². The Morgan fingerprint density at radius 1 is 1.41 bits per heavy atom. The highest BCUT2D eigenvalue weighted by atomic mass is 16.2. The summed E-state index contributed by atoms with van der Waals surface area (Å²) in [5, 5.41) is 6.21. The first-order valence-electron chi connectivity index (χ1n) is 6.54. The molecule has 2 rings (SSSR count). The Morgan fingerprint density at radius 3 is 2.71 bits per heavy atom. The molecule has 4 nitrogen and oxygen atoms in total. The molecule has 2 aliphatic rings. The minimum atomic E-state index is -0.413. The van der Waals surface area contributed by atoms with Crippen molar-refractivity contribution in [2.24, 2.45) is 16.3 Å². The van der Waals surface area contributed by atoms with E-state index in [0.717, 1.165) is 19.3 Å². The third kappa shape index (κ3) is 2.05. The predicted octanol–water partition coefficient (Wildman–Crippen LogP) is 1.67. The maximum Gasteiger partial charge on any atom is 0.252 e. The van der Waals surface area contributed by atoms with Crippen molar-refractivity contribution in [1.29, 1.82) is 0 Å². The monoisotopic (exact) mass is 237 g/mol. The van der Waals surface area contributed by atoms with Crippen LogP contribution in [0.4, 0.5) is 0 Å². The summed E-state index contributed by atoms with van der Waals surface area (Å²) in [6.45, 7) is 9.40. The molecule has 1 spiro atoms. The van der Waals surface area contributed by atoms with Gasteiger partial charge in [-0.15, -0.1) is 0 Å². The van der Waals surface area contributed by atoms with E-state index in [1.54, 1.807) is 0 Å². The number of nitrogens with zero attached hydrogens (tertiary/aromatic N) is 1. The van der Waals surface area contributed by atoms with E-state index in [1.807, 2.05) is 6.92 Å². The van der Waals surface area contributed by atoms with Gasteiger partial charge < -0.3 is 5.32 Å². The number of hydrogen-bond acceptors (Lipinski definition) is 2. The van der Waals surface area contributed by atoms with Gasteiger partial charge in [0.15, 0.2) is 5.96 Å². The van der Waals surface area contributed by atoms with Crippen molar-refractivity contribution in [1.82, 2.24) is 10.6 Å². The second-order valence-corrected chi connectivity index (χ2v) is 6.14. The van der Waals surface area contributed by atoms with Gasteiger partial charge in [0.05, 0.1) is 0 Å². The van der Waals surface area contributed by atoms with Crippen molar-refractivity contribution in [3.05, 3.63) is 0 Å². The number of carbonyl (C=O) groups excluding carboxylic acids is 1. The Hall–Kier alpha value is -1.06. The van der Waals surface area contributed by atoms with Crippen molar-refractivity contribution < 1.29 is 4.79 Å². The summed E-state index contributed by atoms with van der Waals surface area (Å²) >= 11 is 0. The minimum Gasteiger partial charge on any atom is -0.341 e. The fourth-order valence-corrected chi connectivity index (χ4v) is 3.17. The lowest BCUT2D eigenvalue weighted by Crippen LogP contribution is -2.56. The summed E-state index contributed by atoms with van der Waals surface area (Å²) in [6, 6.07) is 0. The maximum absolute atomic E-state index is 12.2. The number of carbonyl (C=O) groups is 1. The summed E-state index contributed by atoms with van der Waals surface area (Å²) in [5.74, 6) is 1.10. The van der Waals surface area contributed by atoms with Crippen LogP contribution in [0.25, 0.3) is 0 Å². The van der Waals surface area contributed by atoms with Gasteiger partial charge in [0.1, 0.15) is 5.54 Å². The summed E-state index contributed by atoms with van der Waals surface area (Å²) in [5.41, 5.74) is -0.0686. The van der Waals surface area contributed by atoms with E-state index in [4.69, 9.17) is 0 Å². The second kappa shape index (κ2) is 4.00. The Kier molecular flexibility index (Phi) is 2.92. The van der Waals surface area contributed by atoms with E-state index in [2.05, 4.69) is 36.4 Å². The van der Waals surface area contributed by atoms with Gasteiger partial charge in [-0.1, -0.05) is 20.8 Å². The largest absolute Gasteiger partial charge is 0.341 e. The van der Waals surface area contributed by atoms with Gasteiger partial charge in [-0.2, -0.15) is 0 Å². The fraction of sp³-hybridized carbons (Fsp3) is 0.846. The Bertz CT molecular complexity index is 362. The molecule has 4 heteroatoms. The molecule has 1 saturated heterocycles. The first kappa shape index (κ1) is 12.4. The van der Waals surface area contributed by atoms with Crippen LogP contribution in [0.2, 0.25) is 0 Å². The summed E-state index contributed by atoms with van der Waals surface area (Å²) < 4.78 is 0. The molecule has 17 heavy (non-hydrogen) atoms. The predicted molar refractivity (Wildman–Crippen MR) is 68.8 cm³/mol. The van der Waals surface area contributed by atoms with Crippen LogP contribution in [0.15, 0.2) is 4.99 Å². The molecule has 1 heterocycles. The zero-order valence-electron chi connectivity index (χ0n) is 11.3. The first-order chi connectivity index (χ1) is 7.89. The van der Waals surface area contributed by atoms with Crippen LogP contribution >= 0.6 is 0 Å². The number of rotatable bonds is 1. The van der Waals surface area contributed by atoms with E-state index < -0.39 is 5.54 Å². The van der Waals surface area contributed by atoms with Crippen LogP contribution in [0.3, 0.4) is 0 Å². The fourth-order valence-electron chi connectivity index (χ4n) is 3.17. The van der Waals surface area contributed by atoms with Gasteiger partial charge >= 0.3 is 0 Å². The standard InChI is InChI=1S/C13H23N3O/c1-5-14-11-15-10(17)13(16-11)7-6-12(3,4)8-9(13)2/h9H,5-8H2,1-4H3,(H2,14,15,16,17). The van der Waals surface area contributed by atoms with E-state index in [1.165, 1.54) is 0 Å². The zero-order valence-corrected chi connectivity index (χ0v) is 11.3. The van der Waals surface area contributed by atoms with E-state index in [0.29, 0.717) is 23.8 Å². The molecule has 1 aliphatic carbocycles. The molecule has 1 saturated carbocycles. The van der Waals surface area contributed by atoms with Crippen LogP contribution in [0.1, 0.15) is 47.0 Å². The number of aliphatic imine (C=N–C) groups is 1. The number of amides is 1. The van der Waals surface area contributed by atoms with Crippen molar-refractivity contribution in [3.8, 4) is 0 Å². The molecule has 96 valence electrons. The molecule has 0 aromatic carbocycles. The lowest BCUT2D eigenvalue weighted by atomic mass is 9.64. The molecule has 2 fully saturated rings. The van der Waals surface area contributed by atoms with Crippen molar-refractivity contribution in [3.63, 3.8) is 0 Å². The van der Waals surface area contributed by atoms with Crippen LogP contribution in [-0.2, 0) is 4.79 Å². The molecule has 1 amide bonds. The highest BCUT2D eigenvalue weighted by molar-refractivity contribution is 6.09. The van der Waals surface area contributed by atoms with E-state index >= 15 is 0 Å². The molecule has 1 aliphatic heterocycles. The van der Waals surface area contributed by atoms with Gasteiger partial charge in [0, 0.05) is 6.54 Å². The Labute approximate surface area is 103 Å². The molecule has 0 aromatic rings. The maximum atomic E-state index is 12.2. The first-order valence-corrected chi connectivity index (χ1v) is 6.54. The highest BCUT2D eigenvalue weighted by Gasteiger charge is 2.53. The smallest absolute Gasteiger partial charge is 0.252 e. The third-order valence-electron chi connectivity index (χ3n) is 4.19. The number of guanidine groups is 1. The average molecular weight is 237 g/mol. The van der Waals surface area contributed by atoms with Gasteiger partial charge in [0.25, 0.3) is 5.91 Å². The molecule has 2 unspecified atom stereocenters. The molecule has 2 N–H and O–H groups in total. The second-order valence-electron chi connectivity index (χ2n) is 6.14. The topological polar surface area (TPSA) is 53.5 Å². The summed E-state index contributed by atoms with van der Waals surface area (Å²) in [6.07, 6.45) is 3.06. The van der Waals surface area contributed by atoms with Crippen LogP contribution < -0.4 is 10.6 Å². The molecule has 0 radical (unpaired) electrons.